The maximum atomic E-state index is 12.3. The summed E-state index contributed by atoms with van der Waals surface area (Å²) in [7, 11) is 0. The standard InChI is InChI=1S/C15H18N4O2S/c1-10-5-3-4-6-12(10)15(21)7-8-19(9-15)14(20)16-13-18-17-11(2)22-13/h3-6,21H,7-9H2,1-2H3,(H,16,18,20)/t15-/m0/s1. The molecule has 6 nitrogen and oxygen atoms in total. The summed E-state index contributed by atoms with van der Waals surface area (Å²) in [4.78, 5) is 13.9. The van der Waals surface area contributed by atoms with E-state index in [0.29, 0.717) is 18.1 Å². The zero-order valence-electron chi connectivity index (χ0n) is 12.5. The second-order valence-corrected chi connectivity index (χ2v) is 6.76. The number of β-amino-alcohol motifs (C(OH)–C–C–N with tert-alkyl or cyclic N) is 1. The monoisotopic (exact) mass is 318 g/mol. The van der Waals surface area contributed by atoms with Crippen LogP contribution >= 0.6 is 11.3 Å². The van der Waals surface area contributed by atoms with Crippen molar-refractivity contribution in [1.82, 2.24) is 15.1 Å². The third kappa shape index (κ3) is 2.82. The Labute approximate surface area is 132 Å². The number of carbonyl (C=O) groups is 1. The SMILES string of the molecule is Cc1nnc(NC(=O)N2CC[C@@](O)(c3ccccc3C)C2)s1. The zero-order chi connectivity index (χ0) is 15.7. The molecular formula is C15H18N4O2S. The number of likely N-dealkylation sites (tertiary alicyclic amines) is 1. The smallest absolute Gasteiger partial charge is 0.323 e. The minimum absolute atomic E-state index is 0.249. The van der Waals surface area contributed by atoms with Crippen LogP contribution in [-0.2, 0) is 5.60 Å². The van der Waals surface area contributed by atoms with Gasteiger partial charge in [-0.05, 0) is 31.4 Å². The summed E-state index contributed by atoms with van der Waals surface area (Å²) >= 11 is 1.33. The molecule has 2 aromatic rings. The normalized spacial score (nSPS) is 21.1. The molecule has 1 fully saturated rings. The molecule has 2 amide bonds. The lowest BCUT2D eigenvalue weighted by molar-refractivity contribution is 0.0494. The van der Waals surface area contributed by atoms with Gasteiger partial charge in [0.05, 0.1) is 6.54 Å². The maximum Gasteiger partial charge on any atom is 0.323 e. The summed E-state index contributed by atoms with van der Waals surface area (Å²) in [6.45, 7) is 4.59. The second kappa shape index (κ2) is 5.66. The highest BCUT2D eigenvalue weighted by Crippen LogP contribution is 2.34. The molecule has 1 saturated heterocycles. The summed E-state index contributed by atoms with van der Waals surface area (Å²) in [5.41, 5.74) is 0.934. The maximum absolute atomic E-state index is 12.3. The van der Waals surface area contributed by atoms with Gasteiger partial charge in [0.15, 0.2) is 0 Å². The number of amides is 2. The molecule has 0 saturated carbocycles. The Balaban J connectivity index is 1.71. The Hall–Kier alpha value is -1.99. The summed E-state index contributed by atoms with van der Waals surface area (Å²) < 4.78 is 0. The van der Waals surface area contributed by atoms with Crippen molar-refractivity contribution in [3.8, 4) is 0 Å². The van der Waals surface area contributed by atoms with E-state index in [4.69, 9.17) is 0 Å². The van der Waals surface area contributed by atoms with E-state index in [-0.39, 0.29) is 12.6 Å². The van der Waals surface area contributed by atoms with E-state index >= 15 is 0 Å². The van der Waals surface area contributed by atoms with Gasteiger partial charge in [-0.1, -0.05) is 35.6 Å². The molecule has 0 bridgehead atoms. The number of nitrogens with zero attached hydrogens (tertiary/aromatic N) is 3. The van der Waals surface area contributed by atoms with E-state index in [1.165, 1.54) is 11.3 Å². The van der Waals surface area contributed by atoms with Crippen molar-refractivity contribution >= 4 is 22.5 Å². The van der Waals surface area contributed by atoms with Crippen LogP contribution in [0.2, 0.25) is 0 Å². The summed E-state index contributed by atoms with van der Waals surface area (Å²) in [5, 5.41) is 22.6. The average molecular weight is 318 g/mol. The van der Waals surface area contributed by atoms with E-state index in [9.17, 15) is 9.90 Å². The van der Waals surface area contributed by atoms with Crippen molar-refractivity contribution in [3.05, 3.63) is 40.4 Å². The molecular weight excluding hydrogens is 300 g/mol. The summed E-state index contributed by atoms with van der Waals surface area (Å²) in [5.74, 6) is 0. The lowest BCUT2D eigenvalue weighted by Crippen LogP contribution is -2.37. The van der Waals surface area contributed by atoms with Gasteiger partial charge in [-0.2, -0.15) is 0 Å². The third-order valence-corrected chi connectivity index (χ3v) is 4.68. The number of hydrogen-bond donors (Lipinski definition) is 2. The molecule has 116 valence electrons. The highest BCUT2D eigenvalue weighted by atomic mass is 32.1. The number of aryl methyl sites for hydroxylation is 2. The highest BCUT2D eigenvalue weighted by molar-refractivity contribution is 7.15. The van der Waals surface area contributed by atoms with E-state index in [2.05, 4.69) is 15.5 Å². The number of urea groups is 1. The van der Waals surface area contributed by atoms with Crippen LogP contribution < -0.4 is 5.32 Å². The molecule has 1 aromatic carbocycles. The van der Waals surface area contributed by atoms with Crippen LogP contribution in [0.3, 0.4) is 0 Å². The first-order valence-electron chi connectivity index (χ1n) is 7.12. The lowest BCUT2D eigenvalue weighted by atomic mass is 9.89. The van der Waals surface area contributed by atoms with E-state index in [1.54, 1.807) is 4.90 Å². The molecule has 0 aliphatic carbocycles. The largest absolute Gasteiger partial charge is 0.383 e. The van der Waals surface area contributed by atoms with Crippen molar-refractivity contribution in [2.45, 2.75) is 25.9 Å². The fourth-order valence-corrected chi connectivity index (χ4v) is 3.38. The molecule has 2 N–H and O–H groups in total. The first-order chi connectivity index (χ1) is 10.5. The van der Waals surface area contributed by atoms with E-state index < -0.39 is 5.60 Å². The fraction of sp³-hybridized carbons (Fsp3) is 0.400. The highest BCUT2D eigenvalue weighted by Gasteiger charge is 2.40. The molecule has 0 spiro atoms. The van der Waals surface area contributed by atoms with Crippen LogP contribution in [0.5, 0.6) is 0 Å². The molecule has 1 aromatic heterocycles. The molecule has 0 radical (unpaired) electrons. The lowest BCUT2D eigenvalue weighted by Gasteiger charge is -2.25. The van der Waals surface area contributed by atoms with Crippen molar-refractivity contribution in [2.75, 3.05) is 18.4 Å². The first kappa shape index (κ1) is 14.9. The quantitative estimate of drug-likeness (QED) is 0.890. The van der Waals surface area contributed by atoms with Gasteiger partial charge in [0.1, 0.15) is 10.6 Å². The fourth-order valence-electron chi connectivity index (χ4n) is 2.80. The van der Waals surface area contributed by atoms with Crippen molar-refractivity contribution in [1.29, 1.82) is 0 Å². The molecule has 2 heterocycles. The number of rotatable bonds is 2. The first-order valence-corrected chi connectivity index (χ1v) is 7.94. The van der Waals surface area contributed by atoms with Crippen molar-refractivity contribution in [2.24, 2.45) is 0 Å². The van der Waals surface area contributed by atoms with Crippen LogP contribution in [0.1, 0.15) is 22.6 Å². The number of carbonyl (C=O) groups excluding carboxylic acids is 1. The van der Waals surface area contributed by atoms with Crippen molar-refractivity contribution in [3.63, 3.8) is 0 Å². The van der Waals surface area contributed by atoms with Crippen LogP contribution in [0.15, 0.2) is 24.3 Å². The van der Waals surface area contributed by atoms with Gasteiger partial charge in [-0.25, -0.2) is 4.79 Å². The Morgan fingerprint density at radius 1 is 1.36 bits per heavy atom. The van der Waals surface area contributed by atoms with Gasteiger partial charge < -0.3 is 10.0 Å². The van der Waals surface area contributed by atoms with Gasteiger partial charge in [-0.15, -0.1) is 10.2 Å². The summed E-state index contributed by atoms with van der Waals surface area (Å²) in [6, 6.07) is 7.50. The Kier molecular flexibility index (Phi) is 3.84. The summed E-state index contributed by atoms with van der Waals surface area (Å²) in [6.07, 6.45) is 0.528. The number of hydrogen-bond acceptors (Lipinski definition) is 5. The third-order valence-electron chi connectivity index (χ3n) is 3.92. The molecule has 1 aliphatic heterocycles. The molecule has 7 heteroatoms. The topological polar surface area (TPSA) is 78.4 Å². The van der Waals surface area contributed by atoms with E-state index in [1.807, 2.05) is 38.1 Å². The Bertz CT molecular complexity index is 702. The predicted molar refractivity (Wildman–Crippen MR) is 84.9 cm³/mol. The molecule has 1 aliphatic rings. The van der Waals surface area contributed by atoms with Gasteiger partial charge in [0, 0.05) is 6.54 Å². The zero-order valence-corrected chi connectivity index (χ0v) is 13.4. The van der Waals surface area contributed by atoms with E-state index in [0.717, 1.165) is 16.1 Å². The number of benzene rings is 1. The minimum atomic E-state index is -0.986. The molecule has 1 atom stereocenters. The molecule has 3 rings (SSSR count). The van der Waals surface area contributed by atoms with Gasteiger partial charge >= 0.3 is 6.03 Å². The second-order valence-electron chi connectivity index (χ2n) is 5.57. The average Bonchev–Trinajstić information content (AvgIpc) is 3.06. The van der Waals surface area contributed by atoms with Crippen LogP contribution in [0, 0.1) is 13.8 Å². The number of aromatic nitrogens is 2. The van der Waals surface area contributed by atoms with Crippen molar-refractivity contribution < 1.29 is 9.90 Å². The van der Waals surface area contributed by atoms with Crippen LogP contribution in [0.4, 0.5) is 9.93 Å². The number of anilines is 1. The predicted octanol–water partition coefficient (Wildman–Crippen LogP) is 2.28. The van der Waals surface area contributed by atoms with Gasteiger partial charge in [-0.3, -0.25) is 5.32 Å². The Morgan fingerprint density at radius 3 is 2.82 bits per heavy atom. The molecule has 0 unspecified atom stereocenters. The van der Waals surface area contributed by atoms with Gasteiger partial charge in [0.25, 0.3) is 0 Å². The molecule has 22 heavy (non-hydrogen) atoms. The Morgan fingerprint density at radius 2 is 2.14 bits per heavy atom. The van der Waals surface area contributed by atoms with Crippen LogP contribution in [-0.4, -0.2) is 39.3 Å². The minimum Gasteiger partial charge on any atom is -0.383 e. The number of aliphatic hydroxyl groups is 1. The van der Waals surface area contributed by atoms with Crippen LogP contribution in [0.25, 0.3) is 0 Å². The number of nitrogens with one attached hydrogen (secondary N) is 1. The van der Waals surface area contributed by atoms with Gasteiger partial charge in [0.2, 0.25) is 5.13 Å².